The van der Waals surface area contributed by atoms with Gasteiger partial charge in [0.1, 0.15) is 5.75 Å². The molecule has 0 aliphatic rings. The van der Waals surface area contributed by atoms with Crippen LogP contribution in [0.5, 0.6) is 5.75 Å². The predicted octanol–water partition coefficient (Wildman–Crippen LogP) is 5.20. The molecule has 0 spiro atoms. The first kappa shape index (κ1) is 21.4. The summed E-state index contributed by atoms with van der Waals surface area (Å²) < 4.78 is 45.0. The molecule has 0 saturated carbocycles. The minimum Gasteiger partial charge on any atom is -0.494 e. The fourth-order valence-corrected chi connectivity index (χ4v) is 2.95. The van der Waals surface area contributed by atoms with E-state index < -0.39 is 17.6 Å². The van der Waals surface area contributed by atoms with Gasteiger partial charge in [-0.3, -0.25) is 9.89 Å². The van der Waals surface area contributed by atoms with Crippen molar-refractivity contribution >= 4 is 5.91 Å². The maximum Gasteiger partial charge on any atom is 0.416 e. The molecule has 8 heteroatoms. The highest BCUT2D eigenvalue weighted by Crippen LogP contribution is 2.32. The van der Waals surface area contributed by atoms with Crippen LogP contribution in [0.4, 0.5) is 13.2 Å². The number of ether oxygens (including phenoxy) is 1. The summed E-state index contributed by atoms with van der Waals surface area (Å²) in [5.74, 6) is 0.209. The Kier molecular flexibility index (Phi) is 6.76. The lowest BCUT2D eigenvalue weighted by atomic mass is 10.1. The second-order valence-electron chi connectivity index (χ2n) is 6.72. The summed E-state index contributed by atoms with van der Waals surface area (Å²) in [6.07, 6.45) is -1.13. The fraction of sp³-hybridized carbons (Fsp3) is 0.273. The Morgan fingerprint density at radius 3 is 2.57 bits per heavy atom. The number of amides is 1. The van der Waals surface area contributed by atoms with Crippen molar-refractivity contribution in [3.63, 3.8) is 0 Å². The van der Waals surface area contributed by atoms with Gasteiger partial charge in [0.15, 0.2) is 0 Å². The number of benzene rings is 2. The van der Waals surface area contributed by atoms with Gasteiger partial charge in [-0.05, 0) is 42.3 Å². The highest BCUT2D eigenvalue weighted by Gasteiger charge is 2.32. The van der Waals surface area contributed by atoms with E-state index in [4.69, 9.17) is 4.74 Å². The number of alkyl halides is 3. The van der Waals surface area contributed by atoms with Crippen LogP contribution in [0.3, 0.4) is 0 Å². The van der Waals surface area contributed by atoms with Gasteiger partial charge < -0.3 is 10.1 Å². The fourth-order valence-electron chi connectivity index (χ4n) is 2.95. The first-order valence-electron chi connectivity index (χ1n) is 9.60. The topological polar surface area (TPSA) is 67.0 Å². The molecule has 3 aromatic rings. The summed E-state index contributed by atoms with van der Waals surface area (Å²) in [4.78, 5) is 12.6. The lowest BCUT2D eigenvalue weighted by Gasteiger charge is -2.13. The number of nitrogens with zero attached hydrogens (tertiary/aromatic N) is 1. The largest absolute Gasteiger partial charge is 0.494 e. The molecule has 0 unspecified atom stereocenters. The first-order valence-corrected chi connectivity index (χ1v) is 9.60. The summed E-state index contributed by atoms with van der Waals surface area (Å²) in [6, 6.07) is 12.4. The highest BCUT2D eigenvalue weighted by atomic mass is 19.4. The van der Waals surface area contributed by atoms with E-state index in [-0.39, 0.29) is 17.7 Å². The van der Waals surface area contributed by atoms with E-state index in [2.05, 4.69) is 22.4 Å². The highest BCUT2D eigenvalue weighted by molar-refractivity contribution is 5.99. The van der Waals surface area contributed by atoms with Gasteiger partial charge >= 0.3 is 6.18 Å². The maximum absolute atomic E-state index is 13.1. The molecular weight excluding hydrogens is 395 g/mol. The molecule has 30 heavy (non-hydrogen) atoms. The molecule has 0 fully saturated rings. The Morgan fingerprint density at radius 2 is 1.87 bits per heavy atom. The zero-order chi connectivity index (χ0) is 21.6. The van der Waals surface area contributed by atoms with Gasteiger partial charge in [0.05, 0.1) is 29.6 Å². The summed E-state index contributed by atoms with van der Waals surface area (Å²) >= 11 is 0. The molecule has 0 aliphatic heterocycles. The third-order valence-corrected chi connectivity index (χ3v) is 4.56. The smallest absolute Gasteiger partial charge is 0.416 e. The van der Waals surface area contributed by atoms with Crippen molar-refractivity contribution in [2.75, 3.05) is 6.61 Å². The molecule has 158 valence electrons. The molecule has 2 N–H and O–H groups in total. The van der Waals surface area contributed by atoms with Crippen molar-refractivity contribution in [2.24, 2.45) is 0 Å². The van der Waals surface area contributed by atoms with E-state index in [1.807, 2.05) is 0 Å². The number of aromatic amines is 1. The first-order chi connectivity index (χ1) is 14.4. The third-order valence-electron chi connectivity index (χ3n) is 4.56. The number of rotatable bonds is 8. The molecule has 0 aliphatic carbocycles. The number of carbonyl (C=O) groups excluding carboxylic acids is 1. The van der Waals surface area contributed by atoms with Crippen LogP contribution in [0.15, 0.2) is 54.7 Å². The number of H-pyrrole nitrogens is 1. The molecule has 1 heterocycles. The third kappa shape index (κ3) is 5.20. The minimum atomic E-state index is -4.48. The van der Waals surface area contributed by atoms with E-state index in [0.29, 0.717) is 12.3 Å². The van der Waals surface area contributed by atoms with E-state index in [1.165, 1.54) is 24.4 Å². The van der Waals surface area contributed by atoms with Crippen molar-refractivity contribution in [1.29, 1.82) is 0 Å². The average molecular weight is 417 g/mol. The Labute approximate surface area is 172 Å². The number of carbonyl (C=O) groups is 1. The molecule has 2 aromatic carbocycles. The summed E-state index contributed by atoms with van der Waals surface area (Å²) in [6.45, 7) is 2.47. The van der Waals surface area contributed by atoms with Crippen LogP contribution in [0.1, 0.15) is 41.3 Å². The molecule has 0 bridgehead atoms. The van der Waals surface area contributed by atoms with Gasteiger partial charge in [0, 0.05) is 12.1 Å². The van der Waals surface area contributed by atoms with Crippen LogP contribution in [0.25, 0.3) is 11.3 Å². The van der Waals surface area contributed by atoms with Crippen LogP contribution in [-0.2, 0) is 12.7 Å². The zero-order valence-electron chi connectivity index (χ0n) is 16.4. The van der Waals surface area contributed by atoms with Crippen molar-refractivity contribution in [1.82, 2.24) is 15.5 Å². The van der Waals surface area contributed by atoms with E-state index in [0.717, 1.165) is 30.2 Å². The van der Waals surface area contributed by atoms with Gasteiger partial charge in [0.25, 0.3) is 5.91 Å². The van der Waals surface area contributed by atoms with E-state index >= 15 is 0 Å². The van der Waals surface area contributed by atoms with Crippen LogP contribution in [0, 0.1) is 0 Å². The van der Waals surface area contributed by atoms with Gasteiger partial charge in [-0.15, -0.1) is 0 Å². The maximum atomic E-state index is 13.1. The van der Waals surface area contributed by atoms with Gasteiger partial charge in [-0.1, -0.05) is 31.5 Å². The zero-order valence-corrected chi connectivity index (χ0v) is 16.4. The number of nitrogens with one attached hydrogen (secondary N) is 2. The minimum absolute atomic E-state index is 0.00280. The normalized spacial score (nSPS) is 11.3. The summed E-state index contributed by atoms with van der Waals surface area (Å²) in [5, 5.41) is 9.24. The van der Waals surface area contributed by atoms with Crippen LogP contribution < -0.4 is 10.1 Å². The Hall–Kier alpha value is -3.29. The second kappa shape index (κ2) is 9.47. The molecule has 1 amide bonds. The SMILES string of the molecule is CCCCOc1ccc(-c2[nH]ncc2C(=O)NCc2ccccc2C(F)(F)F)cc1. The van der Waals surface area contributed by atoms with Crippen molar-refractivity contribution in [2.45, 2.75) is 32.5 Å². The molecule has 0 radical (unpaired) electrons. The molecule has 0 atom stereocenters. The average Bonchev–Trinajstić information content (AvgIpc) is 3.22. The molecule has 5 nitrogen and oxygen atoms in total. The van der Waals surface area contributed by atoms with Gasteiger partial charge in [-0.25, -0.2) is 0 Å². The standard InChI is InChI=1S/C22H22F3N3O2/c1-2-3-12-30-17-10-8-15(9-11-17)20-18(14-27-28-20)21(29)26-13-16-6-4-5-7-19(16)22(23,24)25/h4-11,14H,2-3,12-13H2,1H3,(H,26,29)(H,27,28). The lowest BCUT2D eigenvalue weighted by molar-refractivity contribution is -0.138. The lowest BCUT2D eigenvalue weighted by Crippen LogP contribution is -2.24. The monoisotopic (exact) mass is 417 g/mol. The predicted molar refractivity (Wildman–Crippen MR) is 107 cm³/mol. The van der Waals surface area contributed by atoms with E-state index in [9.17, 15) is 18.0 Å². The van der Waals surface area contributed by atoms with Crippen molar-refractivity contribution in [3.8, 4) is 17.0 Å². The van der Waals surface area contributed by atoms with Crippen LogP contribution in [0.2, 0.25) is 0 Å². The van der Waals surface area contributed by atoms with Crippen LogP contribution in [-0.4, -0.2) is 22.7 Å². The summed E-state index contributed by atoms with van der Waals surface area (Å²) in [5.41, 5.74) is 0.681. The van der Waals surface area contributed by atoms with Crippen molar-refractivity contribution < 1.29 is 22.7 Å². The molecular formula is C22H22F3N3O2. The molecule has 3 rings (SSSR count). The number of halogens is 3. The number of aromatic nitrogens is 2. The van der Waals surface area contributed by atoms with Gasteiger partial charge in [-0.2, -0.15) is 18.3 Å². The summed E-state index contributed by atoms with van der Waals surface area (Å²) in [7, 11) is 0. The molecule has 0 saturated heterocycles. The Morgan fingerprint density at radius 1 is 1.13 bits per heavy atom. The number of unbranched alkanes of at least 4 members (excludes halogenated alkanes) is 1. The van der Waals surface area contributed by atoms with E-state index in [1.54, 1.807) is 24.3 Å². The number of hydrogen-bond acceptors (Lipinski definition) is 3. The Balaban J connectivity index is 1.70. The Bertz CT molecular complexity index is 982. The number of hydrogen-bond donors (Lipinski definition) is 2. The molecule has 1 aromatic heterocycles. The van der Waals surface area contributed by atoms with Crippen molar-refractivity contribution in [3.05, 3.63) is 71.4 Å². The quantitative estimate of drug-likeness (QED) is 0.495. The van der Waals surface area contributed by atoms with Crippen LogP contribution >= 0.6 is 0 Å². The second-order valence-corrected chi connectivity index (χ2v) is 6.72. The van der Waals surface area contributed by atoms with Gasteiger partial charge in [0.2, 0.25) is 0 Å².